The third-order valence-electron chi connectivity index (χ3n) is 1.63. The highest BCUT2D eigenvalue weighted by atomic mass is 14.2. The van der Waals surface area contributed by atoms with Crippen LogP contribution in [0.1, 0.15) is 18.1 Å². The first kappa shape index (κ1) is 9.28. The van der Waals surface area contributed by atoms with Crippen molar-refractivity contribution in [2.45, 2.75) is 6.92 Å². The molecule has 0 atom stereocenters. The Labute approximate surface area is 78.6 Å². The maximum absolute atomic E-state index is 8.56. The Balaban J connectivity index is 2.76. The Morgan fingerprint density at radius 2 is 1.85 bits per heavy atom. The average Bonchev–Trinajstić information content (AvgIpc) is 2.19. The van der Waals surface area contributed by atoms with Crippen molar-refractivity contribution in [2.75, 3.05) is 0 Å². The van der Waals surface area contributed by atoms with Gasteiger partial charge in [0.05, 0.1) is 11.6 Å². The second-order valence-corrected chi connectivity index (χ2v) is 2.62. The molecule has 64 valence electrons. The lowest BCUT2D eigenvalue weighted by Crippen LogP contribution is -1.74. The molecule has 0 bridgehead atoms. The zero-order valence-electron chi connectivity index (χ0n) is 7.57. The van der Waals surface area contributed by atoms with Gasteiger partial charge in [0, 0.05) is 0 Å². The van der Waals surface area contributed by atoms with Gasteiger partial charge in [-0.05, 0) is 24.6 Å². The highest BCUT2D eigenvalue weighted by molar-refractivity contribution is 5.52. The SMILES string of the molecule is CC=CC=Cc1ccc(C#N)cc1. The number of benzene rings is 1. The second kappa shape index (κ2) is 4.95. The molecule has 0 aliphatic heterocycles. The first-order valence-electron chi connectivity index (χ1n) is 4.16. The van der Waals surface area contributed by atoms with E-state index in [0.29, 0.717) is 5.56 Å². The molecule has 0 spiro atoms. The molecule has 1 aromatic carbocycles. The lowest BCUT2D eigenvalue weighted by molar-refractivity contribution is 1.48. The van der Waals surface area contributed by atoms with Gasteiger partial charge >= 0.3 is 0 Å². The van der Waals surface area contributed by atoms with Crippen LogP contribution in [0, 0.1) is 11.3 Å². The molecule has 1 rings (SSSR count). The summed E-state index contributed by atoms with van der Waals surface area (Å²) in [4.78, 5) is 0. The number of hydrogen-bond acceptors (Lipinski definition) is 1. The van der Waals surface area contributed by atoms with Gasteiger partial charge in [-0.15, -0.1) is 0 Å². The Kier molecular flexibility index (Phi) is 3.53. The minimum absolute atomic E-state index is 0.697. The van der Waals surface area contributed by atoms with Crippen LogP contribution in [0.25, 0.3) is 6.08 Å². The Morgan fingerprint density at radius 3 is 2.38 bits per heavy atom. The molecular weight excluding hydrogens is 158 g/mol. The van der Waals surface area contributed by atoms with Crippen LogP contribution in [0.15, 0.2) is 42.5 Å². The summed E-state index contributed by atoms with van der Waals surface area (Å²) in [5.41, 5.74) is 1.81. The molecule has 0 saturated heterocycles. The van der Waals surface area contributed by atoms with Gasteiger partial charge in [0.2, 0.25) is 0 Å². The van der Waals surface area contributed by atoms with Gasteiger partial charge in [0.1, 0.15) is 0 Å². The lowest BCUT2D eigenvalue weighted by atomic mass is 10.1. The standard InChI is InChI=1S/C12H11N/c1-2-3-4-5-11-6-8-12(10-13)9-7-11/h2-9H,1H3. The van der Waals surface area contributed by atoms with Crippen molar-refractivity contribution < 1.29 is 0 Å². The molecule has 1 nitrogen and oxygen atoms in total. The van der Waals surface area contributed by atoms with Gasteiger partial charge < -0.3 is 0 Å². The summed E-state index contributed by atoms with van der Waals surface area (Å²) in [5, 5.41) is 8.56. The van der Waals surface area contributed by atoms with E-state index in [1.54, 1.807) is 0 Å². The summed E-state index contributed by atoms with van der Waals surface area (Å²) in [7, 11) is 0. The summed E-state index contributed by atoms with van der Waals surface area (Å²) < 4.78 is 0. The van der Waals surface area contributed by atoms with E-state index in [2.05, 4.69) is 6.07 Å². The van der Waals surface area contributed by atoms with Gasteiger partial charge in [0.15, 0.2) is 0 Å². The maximum Gasteiger partial charge on any atom is 0.0991 e. The fourth-order valence-corrected chi connectivity index (χ4v) is 0.947. The van der Waals surface area contributed by atoms with Crippen LogP contribution in [0.2, 0.25) is 0 Å². The number of hydrogen-bond donors (Lipinski definition) is 0. The molecule has 0 saturated carbocycles. The van der Waals surface area contributed by atoms with Crippen molar-refractivity contribution >= 4 is 6.08 Å². The van der Waals surface area contributed by atoms with Crippen molar-refractivity contribution in [3.63, 3.8) is 0 Å². The highest BCUT2D eigenvalue weighted by Crippen LogP contribution is 2.04. The van der Waals surface area contributed by atoms with Crippen molar-refractivity contribution in [3.05, 3.63) is 53.6 Å². The summed E-state index contributed by atoms with van der Waals surface area (Å²) in [6.07, 6.45) is 7.92. The van der Waals surface area contributed by atoms with Gasteiger partial charge in [-0.1, -0.05) is 36.4 Å². The molecule has 0 aliphatic carbocycles. The molecular formula is C12H11N. The van der Waals surface area contributed by atoms with E-state index in [1.165, 1.54) is 0 Å². The third-order valence-corrected chi connectivity index (χ3v) is 1.63. The quantitative estimate of drug-likeness (QED) is 0.624. The molecule has 0 fully saturated rings. The first-order chi connectivity index (χ1) is 6.36. The molecule has 0 aromatic heterocycles. The average molecular weight is 169 g/mol. The maximum atomic E-state index is 8.56. The van der Waals surface area contributed by atoms with Crippen molar-refractivity contribution in [3.8, 4) is 6.07 Å². The van der Waals surface area contributed by atoms with E-state index in [0.717, 1.165) is 5.56 Å². The summed E-state index contributed by atoms with van der Waals surface area (Å²) in [6, 6.07) is 9.57. The predicted molar refractivity (Wildman–Crippen MR) is 55.0 cm³/mol. The van der Waals surface area contributed by atoms with E-state index < -0.39 is 0 Å². The van der Waals surface area contributed by atoms with Crippen LogP contribution in [0.5, 0.6) is 0 Å². The summed E-state index contributed by atoms with van der Waals surface area (Å²) in [6.45, 7) is 1.98. The minimum atomic E-state index is 0.697. The van der Waals surface area contributed by atoms with Crippen LogP contribution >= 0.6 is 0 Å². The van der Waals surface area contributed by atoms with Crippen molar-refractivity contribution in [1.29, 1.82) is 5.26 Å². The fourth-order valence-electron chi connectivity index (χ4n) is 0.947. The van der Waals surface area contributed by atoms with Crippen LogP contribution in [-0.2, 0) is 0 Å². The summed E-state index contributed by atoms with van der Waals surface area (Å²) in [5.74, 6) is 0. The van der Waals surface area contributed by atoms with Crippen molar-refractivity contribution in [1.82, 2.24) is 0 Å². The van der Waals surface area contributed by atoms with Gasteiger partial charge in [-0.25, -0.2) is 0 Å². The van der Waals surface area contributed by atoms with E-state index >= 15 is 0 Å². The van der Waals surface area contributed by atoms with Crippen molar-refractivity contribution in [2.24, 2.45) is 0 Å². The van der Waals surface area contributed by atoms with Gasteiger partial charge in [-0.3, -0.25) is 0 Å². The first-order valence-corrected chi connectivity index (χ1v) is 4.16. The number of nitrogens with zero attached hydrogens (tertiary/aromatic N) is 1. The minimum Gasteiger partial charge on any atom is -0.192 e. The van der Waals surface area contributed by atoms with Crippen LogP contribution in [0.3, 0.4) is 0 Å². The lowest BCUT2D eigenvalue weighted by Gasteiger charge is -1.91. The van der Waals surface area contributed by atoms with Gasteiger partial charge in [0.25, 0.3) is 0 Å². The molecule has 0 N–H and O–H groups in total. The zero-order valence-corrected chi connectivity index (χ0v) is 7.57. The van der Waals surface area contributed by atoms with E-state index in [9.17, 15) is 0 Å². The normalized spacial score (nSPS) is 10.8. The second-order valence-electron chi connectivity index (χ2n) is 2.62. The Morgan fingerprint density at radius 1 is 1.15 bits per heavy atom. The molecule has 1 aromatic rings. The monoisotopic (exact) mass is 169 g/mol. The Bertz CT molecular complexity index is 350. The number of nitriles is 1. The molecule has 13 heavy (non-hydrogen) atoms. The number of rotatable bonds is 2. The van der Waals surface area contributed by atoms with Crippen LogP contribution in [-0.4, -0.2) is 0 Å². The van der Waals surface area contributed by atoms with Gasteiger partial charge in [-0.2, -0.15) is 5.26 Å². The van der Waals surface area contributed by atoms with E-state index in [4.69, 9.17) is 5.26 Å². The van der Waals surface area contributed by atoms with Crippen LogP contribution < -0.4 is 0 Å². The molecule has 0 unspecified atom stereocenters. The highest BCUT2D eigenvalue weighted by Gasteiger charge is 1.87. The molecule has 0 radical (unpaired) electrons. The number of allylic oxidation sites excluding steroid dienone is 3. The smallest absolute Gasteiger partial charge is 0.0991 e. The summed E-state index contributed by atoms with van der Waals surface area (Å²) >= 11 is 0. The zero-order chi connectivity index (χ0) is 9.52. The fraction of sp³-hybridized carbons (Fsp3) is 0.0833. The van der Waals surface area contributed by atoms with E-state index in [-0.39, 0.29) is 0 Å². The third kappa shape index (κ3) is 2.96. The molecule has 0 amide bonds. The topological polar surface area (TPSA) is 23.8 Å². The molecule has 0 heterocycles. The van der Waals surface area contributed by atoms with Crippen LogP contribution in [0.4, 0.5) is 0 Å². The predicted octanol–water partition coefficient (Wildman–Crippen LogP) is 3.15. The van der Waals surface area contributed by atoms with E-state index in [1.807, 2.05) is 55.5 Å². The Hall–Kier alpha value is -1.81. The largest absolute Gasteiger partial charge is 0.192 e. The molecule has 0 aliphatic rings. The molecule has 1 heteroatoms.